The summed E-state index contributed by atoms with van der Waals surface area (Å²) in [4.78, 5) is 26.1. The minimum absolute atomic E-state index is 0.135. The van der Waals surface area contributed by atoms with Crippen LogP contribution in [0.15, 0.2) is 42.5 Å². The Bertz CT molecular complexity index is 916. The fourth-order valence-electron chi connectivity index (χ4n) is 3.02. The number of rotatable bonds is 9. The number of hydrogen-bond donors (Lipinski definition) is 1. The lowest BCUT2D eigenvalue weighted by Gasteiger charge is -2.21. The highest BCUT2D eigenvalue weighted by atomic mass is 19.4. The molecule has 2 aromatic rings. The molecule has 2 amide bonds. The normalized spacial score (nSPS) is 11.0. The predicted octanol–water partition coefficient (Wildman–Crippen LogP) is 4.14. The van der Waals surface area contributed by atoms with E-state index in [-0.39, 0.29) is 31.1 Å². The van der Waals surface area contributed by atoms with E-state index in [9.17, 15) is 22.8 Å². The molecule has 0 radical (unpaired) electrons. The van der Waals surface area contributed by atoms with Gasteiger partial charge in [0, 0.05) is 13.0 Å². The van der Waals surface area contributed by atoms with Crippen LogP contribution in [-0.4, -0.2) is 44.0 Å². The number of alkyl halides is 3. The van der Waals surface area contributed by atoms with Gasteiger partial charge >= 0.3 is 6.18 Å². The minimum atomic E-state index is -4.59. The van der Waals surface area contributed by atoms with Gasteiger partial charge in [0.2, 0.25) is 11.8 Å². The fraction of sp³-hybridized carbons (Fsp3) is 0.364. The summed E-state index contributed by atoms with van der Waals surface area (Å²) < 4.78 is 49.7. The van der Waals surface area contributed by atoms with Crippen molar-refractivity contribution < 1.29 is 32.2 Å². The molecule has 0 atom stereocenters. The molecule has 0 aliphatic heterocycles. The van der Waals surface area contributed by atoms with Crippen LogP contribution in [0.5, 0.6) is 11.5 Å². The minimum Gasteiger partial charge on any atom is -0.493 e. The zero-order valence-corrected chi connectivity index (χ0v) is 17.6. The highest BCUT2D eigenvalue weighted by Crippen LogP contribution is 2.34. The lowest BCUT2D eigenvalue weighted by atomic mass is 10.1. The molecule has 0 bridgehead atoms. The molecular weight excluding hydrogens is 413 g/mol. The van der Waals surface area contributed by atoms with Gasteiger partial charge in [-0.05, 0) is 43.2 Å². The molecule has 0 aliphatic rings. The SMILES string of the molecule is CCN(CC(=O)Nc1ccccc1C(F)(F)F)C(=O)CCc1ccc(OC)c(OC)c1. The Kier molecular flexibility index (Phi) is 8.30. The molecule has 0 spiro atoms. The second-order valence-corrected chi connectivity index (χ2v) is 6.69. The van der Waals surface area contributed by atoms with E-state index in [1.165, 1.54) is 37.3 Å². The highest BCUT2D eigenvalue weighted by Gasteiger charge is 2.33. The van der Waals surface area contributed by atoms with Crippen molar-refractivity contribution in [2.24, 2.45) is 0 Å². The third kappa shape index (κ3) is 6.63. The molecule has 9 heteroatoms. The number of halogens is 3. The topological polar surface area (TPSA) is 67.9 Å². The molecule has 0 aliphatic carbocycles. The Balaban J connectivity index is 1.98. The van der Waals surface area contributed by atoms with Crippen molar-refractivity contribution in [2.75, 3.05) is 32.6 Å². The van der Waals surface area contributed by atoms with Crippen LogP contribution in [0.25, 0.3) is 0 Å². The number of amides is 2. The number of methoxy groups -OCH3 is 2. The summed E-state index contributed by atoms with van der Waals surface area (Å²) in [7, 11) is 3.04. The van der Waals surface area contributed by atoms with Crippen LogP contribution in [0, 0.1) is 0 Å². The van der Waals surface area contributed by atoms with Gasteiger partial charge in [-0.3, -0.25) is 9.59 Å². The summed E-state index contributed by atoms with van der Waals surface area (Å²) in [5, 5.41) is 2.26. The molecular formula is C22H25F3N2O4. The van der Waals surface area contributed by atoms with E-state index in [1.54, 1.807) is 19.1 Å². The van der Waals surface area contributed by atoms with Crippen molar-refractivity contribution in [3.63, 3.8) is 0 Å². The Morgan fingerprint density at radius 3 is 2.32 bits per heavy atom. The molecule has 0 unspecified atom stereocenters. The number of ether oxygens (including phenoxy) is 2. The lowest BCUT2D eigenvalue weighted by Crippen LogP contribution is -2.38. The third-order valence-electron chi connectivity index (χ3n) is 4.65. The van der Waals surface area contributed by atoms with Crippen molar-refractivity contribution in [1.29, 1.82) is 0 Å². The Morgan fingerprint density at radius 2 is 1.71 bits per heavy atom. The number of nitrogens with zero attached hydrogens (tertiary/aromatic N) is 1. The molecule has 0 fully saturated rings. The monoisotopic (exact) mass is 438 g/mol. The molecule has 1 N–H and O–H groups in total. The van der Waals surface area contributed by atoms with Gasteiger partial charge in [-0.25, -0.2) is 0 Å². The molecule has 0 aromatic heterocycles. The maximum absolute atomic E-state index is 13.1. The van der Waals surface area contributed by atoms with Crippen LogP contribution < -0.4 is 14.8 Å². The second kappa shape index (κ2) is 10.7. The van der Waals surface area contributed by atoms with Gasteiger partial charge in [-0.1, -0.05) is 18.2 Å². The van der Waals surface area contributed by atoms with Gasteiger partial charge < -0.3 is 19.7 Å². The molecule has 0 saturated heterocycles. The number of nitrogens with one attached hydrogen (secondary N) is 1. The maximum Gasteiger partial charge on any atom is 0.418 e. The van der Waals surface area contributed by atoms with E-state index in [2.05, 4.69) is 5.32 Å². The first-order valence-electron chi connectivity index (χ1n) is 9.64. The first kappa shape index (κ1) is 24.0. The zero-order chi connectivity index (χ0) is 23.0. The third-order valence-corrected chi connectivity index (χ3v) is 4.65. The van der Waals surface area contributed by atoms with Crippen molar-refractivity contribution in [3.8, 4) is 11.5 Å². The number of carbonyl (C=O) groups excluding carboxylic acids is 2. The average molecular weight is 438 g/mol. The summed E-state index contributed by atoms with van der Waals surface area (Å²) in [5.41, 5.74) is -0.425. The maximum atomic E-state index is 13.1. The lowest BCUT2D eigenvalue weighted by molar-refractivity contribution is -0.137. The first-order chi connectivity index (χ1) is 14.7. The van der Waals surface area contributed by atoms with Gasteiger partial charge in [0.25, 0.3) is 0 Å². The van der Waals surface area contributed by atoms with E-state index in [0.717, 1.165) is 11.6 Å². The van der Waals surface area contributed by atoms with Crippen LogP contribution in [-0.2, 0) is 22.2 Å². The Hall–Kier alpha value is -3.23. The standard InChI is InChI=1S/C22H25F3N2O4/c1-4-27(14-20(28)26-17-8-6-5-7-16(17)22(23,24)25)21(29)12-10-15-9-11-18(30-2)19(13-15)31-3/h5-9,11,13H,4,10,12,14H2,1-3H3,(H,26,28). The van der Waals surface area contributed by atoms with Crippen molar-refractivity contribution in [1.82, 2.24) is 4.90 Å². The molecule has 31 heavy (non-hydrogen) atoms. The molecule has 0 heterocycles. The molecule has 2 aromatic carbocycles. The number of likely N-dealkylation sites (N-methyl/N-ethyl adjacent to an activating group) is 1. The van der Waals surface area contributed by atoms with Gasteiger partial charge in [0.05, 0.1) is 32.0 Å². The quantitative estimate of drug-likeness (QED) is 0.639. The van der Waals surface area contributed by atoms with Gasteiger partial charge in [0.15, 0.2) is 11.5 Å². The van der Waals surface area contributed by atoms with Crippen molar-refractivity contribution in [2.45, 2.75) is 25.9 Å². The molecule has 6 nitrogen and oxygen atoms in total. The fourth-order valence-corrected chi connectivity index (χ4v) is 3.02. The number of hydrogen-bond acceptors (Lipinski definition) is 4. The largest absolute Gasteiger partial charge is 0.493 e. The van der Waals surface area contributed by atoms with Crippen LogP contribution in [0.3, 0.4) is 0 Å². The van der Waals surface area contributed by atoms with E-state index < -0.39 is 17.6 Å². The smallest absolute Gasteiger partial charge is 0.418 e. The molecule has 2 rings (SSSR count). The van der Waals surface area contributed by atoms with Crippen molar-refractivity contribution >= 4 is 17.5 Å². The number of anilines is 1. The average Bonchev–Trinajstić information content (AvgIpc) is 2.75. The zero-order valence-electron chi connectivity index (χ0n) is 17.6. The van der Waals surface area contributed by atoms with Crippen LogP contribution in [0.1, 0.15) is 24.5 Å². The summed E-state index contributed by atoms with van der Waals surface area (Å²) in [5.74, 6) is 0.139. The summed E-state index contributed by atoms with van der Waals surface area (Å²) in [6, 6.07) is 10.0. The number of para-hydroxylation sites is 1. The Labute approximate surface area is 178 Å². The Morgan fingerprint density at radius 1 is 1.03 bits per heavy atom. The number of benzene rings is 2. The van der Waals surface area contributed by atoms with Crippen molar-refractivity contribution in [3.05, 3.63) is 53.6 Å². The number of carbonyl (C=O) groups is 2. The van der Waals surface area contributed by atoms with E-state index in [0.29, 0.717) is 17.9 Å². The molecule has 0 saturated carbocycles. The molecule has 168 valence electrons. The first-order valence-corrected chi connectivity index (χ1v) is 9.64. The second-order valence-electron chi connectivity index (χ2n) is 6.69. The number of aryl methyl sites for hydroxylation is 1. The highest BCUT2D eigenvalue weighted by molar-refractivity contribution is 5.95. The summed E-state index contributed by atoms with van der Waals surface area (Å²) >= 11 is 0. The van der Waals surface area contributed by atoms with Crippen LogP contribution >= 0.6 is 0 Å². The van der Waals surface area contributed by atoms with Crippen LogP contribution in [0.2, 0.25) is 0 Å². The predicted molar refractivity (Wildman–Crippen MR) is 110 cm³/mol. The summed E-state index contributed by atoms with van der Waals surface area (Å²) in [6.45, 7) is 1.61. The van der Waals surface area contributed by atoms with Gasteiger partial charge in [0.1, 0.15) is 0 Å². The van der Waals surface area contributed by atoms with Gasteiger partial charge in [-0.15, -0.1) is 0 Å². The van der Waals surface area contributed by atoms with E-state index in [1.807, 2.05) is 6.07 Å². The van der Waals surface area contributed by atoms with E-state index in [4.69, 9.17) is 9.47 Å². The van der Waals surface area contributed by atoms with Crippen LogP contribution in [0.4, 0.5) is 18.9 Å². The van der Waals surface area contributed by atoms with Gasteiger partial charge in [-0.2, -0.15) is 13.2 Å². The summed E-state index contributed by atoms with van der Waals surface area (Å²) in [6.07, 6.45) is -4.05. The van der Waals surface area contributed by atoms with E-state index >= 15 is 0 Å².